The fourth-order valence-electron chi connectivity index (χ4n) is 2.37. The van der Waals surface area contributed by atoms with E-state index in [0.717, 1.165) is 17.8 Å². The number of nitrogens with two attached hydrogens (primary N) is 1. The lowest BCUT2D eigenvalue weighted by Gasteiger charge is -2.17. The monoisotopic (exact) mass is 306 g/mol. The molecular formula is C16H23FN4O. The van der Waals surface area contributed by atoms with Gasteiger partial charge >= 0.3 is 0 Å². The van der Waals surface area contributed by atoms with Gasteiger partial charge in [-0.15, -0.1) is 0 Å². The molecule has 22 heavy (non-hydrogen) atoms. The Morgan fingerprint density at radius 1 is 1.50 bits per heavy atom. The minimum absolute atomic E-state index is 0.140. The SMILES string of the molecule is CCC(C)C(N)C(=O)NCCc1nc2cc(F)ccc2n1C. The summed E-state index contributed by atoms with van der Waals surface area (Å²) in [6, 6.07) is 4.05. The Morgan fingerprint density at radius 2 is 2.23 bits per heavy atom. The van der Waals surface area contributed by atoms with Crippen molar-refractivity contribution in [3.8, 4) is 0 Å². The third kappa shape index (κ3) is 3.44. The molecule has 2 aromatic rings. The van der Waals surface area contributed by atoms with E-state index in [2.05, 4.69) is 10.3 Å². The number of aromatic nitrogens is 2. The van der Waals surface area contributed by atoms with Crippen LogP contribution in [0.3, 0.4) is 0 Å². The van der Waals surface area contributed by atoms with Crippen molar-refractivity contribution in [2.24, 2.45) is 18.7 Å². The summed E-state index contributed by atoms with van der Waals surface area (Å²) in [5.41, 5.74) is 7.38. The maximum absolute atomic E-state index is 13.2. The molecule has 0 aliphatic heterocycles. The molecule has 3 N–H and O–H groups in total. The molecule has 0 saturated carbocycles. The Hall–Kier alpha value is -1.95. The normalized spacial score (nSPS) is 14.0. The quantitative estimate of drug-likeness (QED) is 0.854. The van der Waals surface area contributed by atoms with Gasteiger partial charge in [0.2, 0.25) is 5.91 Å². The van der Waals surface area contributed by atoms with Crippen LogP contribution in [0.25, 0.3) is 11.0 Å². The number of benzene rings is 1. The zero-order valence-corrected chi connectivity index (χ0v) is 13.3. The first-order valence-electron chi connectivity index (χ1n) is 7.58. The highest BCUT2D eigenvalue weighted by Crippen LogP contribution is 2.16. The van der Waals surface area contributed by atoms with Crippen molar-refractivity contribution < 1.29 is 9.18 Å². The molecule has 1 heterocycles. The average Bonchev–Trinajstić information content (AvgIpc) is 2.81. The molecule has 0 aliphatic carbocycles. The third-order valence-electron chi connectivity index (χ3n) is 4.14. The number of amides is 1. The Bertz CT molecular complexity index is 667. The average molecular weight is 306 g/mol. The number of aryl methyl sites for hydroxylation is 1. The van der Waals surface area contributed by atoms with E-state index in [1.54, 1.807) is 6.07 Å². The van der Waals surface area contributed by atoms with Gasteiger partial charge in [-0.2, -0.15) is 0 Å². The lowest BCUT2D eigenvalue weighted by atomic mass is 9.99. The summed E-state index contributed by atoms with van der Waals surface area (Å²) in [5, 5.41) is 2.84. The zero-order valence-electron chi connectivity index (χ0n) is 13.3. The summed E-state index contributed by atoms with van der Waals surface area (Å²) < 4.78 is 15.1. The van der Waals surface area contributed by atoms with Crippen LogP contribution in [-0.2, 0) is 18.3 Å². The molecule has 2 unspecified atom stereocenters. The molecule has 5 nitrogen and oxygen atoms in total. The topological polar surface area (TPSA) is 72.9 Å². The Kier molecular flexibility index (Phi) is 5.13. The molecule has 0 bridgehead atoms. The molecule has 0 saturated heterocycles. The summed E-state index contributed by atoms with van der Waals surface area (Å²) >= 11 is 0. The van der Waals surface area contributed by atoms with E-state index in [1.807, 2.05) is 25.5 Å². The summed E-state index contributed by atoms with van der Waals surface area (Å²) in [5.74, 6) is 0.515. The molecule has 120 valence electrons. The standard InChI is InChI=1S/C16H23FN4O/c1-4-10(2)15(18)16(22)19-8-7-14-20-12-9-11(17)5-6-13(12)21(14)3/h5-6,9-10,15H,4,7-8,18H2,1-3H3,(H,19,22). The second-order valence-corrected chi connectivity index (χ2v) is 5.67. The molecule has 2 rings (SSSR count). The van der Waals surface area contributed by atoms with Crippen LogP contribution >= 0.6 is 0 Å². The van der Waals surface area contributed by atoms with Crippen LogP contribution in [0.5, 0.6) is 0 Å². The maximum atomic E-state index is 13.2. The van der Waals surface area contributed by atoms with Crippen molar-refractivity contribution >= 4 is 16.9 Å². The molecule has 2 atom stereocenters. The van der Waals surface area contributed by atoms with E-state index in [-0.39, 0.29) is 17.6 Å². The zero-order chi connectivity index (χ0) is 16.3. The van der Waals surface area contributed by atoms with Gasteiger partial charge in [-0.1, -0.05) is 20.3 Å². The number of hydrogen-bond acceptors (Lipinski definition) is 3. The second-order valence-electron chi connectivity index (χ2n) is 5.67. The van der Waals surface area contributed by atoms with Crippen molar-refractivity contribution in [2.75, 3.05) is 6.54 Å². The highest BCUT2D eigenvalue weighted by molar-refractivity contribution is 5.81. The van der Waals surface area contributed by atoms with Gasteiger partial charge in [0.15, 0.2) is 0 Å². The molecule has 1 aromatic carbocycles. The van der Waals surface area contributed by atoms with Gasteiger partial charge in [-0.25, -0.2) is 9.37 Å². The van der Waals surface area contributed by atoms with Gasteiger partial charge in [0.25, 0.3) is 0 Å². The van der Waals surface area contributed by atoms with E-state index < -0.39 is 6.04 Å². The van der Waals surface area contributed by atoms with Crippen LogP contribution in [0, 0.1) is 11.7 Å². The largest absolute Gasteiger partial charge is 0.354 e. The predicted molar refractivity (Wildman–Crippen MR) is 84.8 cm³/mol. The summed E-state index contributed by atoms with van der Waals surface area (Å²) in [6.07, 6.45) is 1.44. The molecule has 6 heteroatoms. The van der Waals surface area contributed by atoms with Crippen molar-refractivity contribution in [1.29, 1.82) is 0 Å². The van der Waals surface area contributed by atoms with Gasteiger partial charge in [-0.05, 0) is 18.1 Å². The van der Waals surface area contributed by atoms with E-state index in [1.165, 1.54) is 12.1 Å². The van der Waals surface area contributed by atoms with Crippen molar-refractivity contribution in [3.05, 3.63) is 29.8 Å². The maximum Gasteiger partial charge on any atom is 0.237 e. The van der Waals surface area contributed by atoms with Crippen molar-refractivity contribution in [2.45, 2.75) is 32.7 Å². The summed E-state index contributed by atoms with van der Waals surface area (Å²) in [4.78, 5) is 16.3. The van der Waals surface area contributed by atoms with Crippen LogP contribution in [0.15, 0.2) is 18.2 Å². The molecular weight excluding hydrogens is 283 g/mol. The van der Waals surface area contributed by atoms with Crippen molar-refractivity contribution in [3.63, 3.8) is 0 Å². The van der Waals surface area contributed by atoms with Gasteiger partial charge in [0, 0.05) is 26.1 Å². The van der Waals surface area contributed by atoms with Gasteiger partial charge in [-0.3, -0.25) is 4.79 Å². The number of halogens is 1. The van der Waals surface area contributed by atoms with E-state index in [4.69, 9.17) is 5.73 Å². The number of carbonyl (C=O) groups is 1. The lowest BCUT2D eigenvalue weighted by molar-refractivity contribution is -0.123. The number of carbonyl (C=O) groups excluding carboxylic acids is 1. The smallest absolute Gasteiger partial charge is 0.237 e. The fraction of sp³-hybridized carbons (Fsp3) is 0.500. The molecule has 0 radical (unpaired) electrons. The van der Waals surface area contributed by atoms with Crippen molar-refractivity contribution in [1.82, 2.24) is 14.9 Å². The first-order valence-corrected chi connectivity index (χ1v) is 7.58. The Balaban J connectivity index is 1.98. The Labute approximate surface area is 129 Å². The number of nitrogens with zero attached hydrogens (tertiary/aromatic N) is 2. The molecule has 0 fully saturated rings. The van der Waals surface area contributed by atoms with Crippen LogP contribution < -0.4 is 11.1 Å². The van der Waals surface area contributed by atoms with Gasteiger partial charge in [0.1, 0.15) is 11.6 Å². The third-order valence-corrected chi connectivity index (χ3v) is 4.14. The van der Waals surface area contributed by atoms with E-state index in [0.29, 0.717) is 18.5 Å². The van der Waals surface area contributed by atoms with E-state index >= 15 is 0 Å². The first kappa shape index (κ1) is 16.4. The number of nitrogens with one attached hydrogen (secondary N) is 1. The minimum Gasteiger partial charge on any atom is -0.354 e. The number of imidazole rings is 1. The second kappa shape index (κ2) is 6.87. The molecule has 0 spiro atoms. The van der Waals surface area contributed by atoms with Crippen LogP contribution in [0.1, 0.15) is 26.1 Å². The van der Waals surface area contributed by atoms with Crippen LogP contribution in [0.4, 0.5) is 4.39 Å². The number of fused-ring (bicyclic) bond motifs is 1. The van der Waals surface area contributed by atoms with Gasteiger partial charge in [0.05, 0.1) is 17.1 Å². The summed E-state index contributed by atoms with van der Waals surface area (Å²) in [6.45, 7) is 4.43. The highest BCUT2D eigenvalue weighted by atomic mass is 19.1. The first-order chi connectivity index (χ1) is 10.4. The fourth-order valence-corrected chi connectivity index (χ4v) is 2.37. The summed E-state index contributed by atoms with van der Waals surface area (Å²) in [7, 11) is 1.88. The Morgan fingerprint density at radius 3 is 2.91 bits per heavy atom. The van der Waals surface area contributed by atoms with Crippen LogP contribution in [-0.4, -0.2) is 28.0 Å². The highest BCUT2D eigenvalue weighted by Gasteiger charge is 2.19. The number of hydrogen-bond donors (Lipinski definition) is 2. The van der Waals surface area contributed by atoms with Gasteiger partial charge < -0.3 is 15.6 Å². The molecule has 1 aromatic heterocycles. The van der Waals surface area contributed by atoms with E-state index in [9.17, 15) is 9.18 Å². The lowest BCUT2D eigenvalue weighted by Crippen LogP contribution is -2.45. The molecule has 0 aliphatic rings. The molecule has 1 amide bonds. The minimum atomic E-state index is -0.487. The van der Waals surface area contributed by atoms with Crippen LogP contribution in [0.2, 0.25) is 0 Å². The number of rotatable bonds is 6. The predicted octanol–water partition coefficient (Wildman–Crippen LogP) is 1.74.